The van der Waals surface area contributed by atoms with Crippen molar-refractivity contribution < 1.29 is 4.79 Å². The molecule has 0 radical (unpaired) electrons. The number of hydrogen-bond donors (Lipinski definition) is 2. The second kappa shape index (κ2) is 7.17. The Hall–Kier alpha value is -2.25. The summed E-state index contributed by atoms with van der Waals surface area (Å²) in [6.45, 7) is 0.882. The highest BCUT2D eigenvalue weighted by Gasteiger charge is 2.35. The first-order chi connectivity index (χ1) is 12.6. The molecule has 26 heavy (non-hydrogen) atoms. The number of amides is 2. The van der Waals surface area contributed by atoms with Crippen LogP contribution in [0, 0.1) is 0 Å². The molecule has 7 heteroatoms. The predicted octanol–water partition coefficient (Wildman–Crippen LogP) is 4.45. The molecule has 0 bridgehead atoms. The molecule has 2 heterocycles. The Morgan fingerprint density at radius 2 is 1.92 bits per heavy atom. The number of carbonyl (C=O) groups excluding carboxylic acids is 1. The number of fused-ring (bicyclic) bond motifs is 2. The van der Waals surface area contributed by atoms with Gasteiger partial charge in [0, 0.05) is 22.3 Å². The van der Waals surface area contributed by atoms with Gasteiger partial charge in [-0.15, -0.1) is 0 Å². The standard InChI is InChI=1S/C19H17BrN4OS/c20-12-7-9-13(10-8-12)21-19(25)23-17-16-6-3-11-24(16)18(26)14-4-1-2-5-15(14)22-17/h1-2,4-5,7-10,16H,3,6,11H2,(H2,21,22,23,25)/t16-/m0/s1. The zero-order chi connectivity index (χ0) is 18.1. The van der Waals surface area contributed by atoms with Gasteiger partial charge in [-0.2, -0.15) is 0 Å². The first-order valence-electron chi connectivity index (χ1n) is 8.44. The molecule has 0 saturated carbocycles. The van der Waals surface area contributed by atoms with Crippen molar-refractivity contribution >= 4 is 56.4 Å². The second-order valence-corrected chi connectivity index (χ2v) is 7.56. The van der Waals surface area contributed by atoms with Crippen molar-refractivity contribution in [1.82, 2.24) is 10.2 Å². The third-order valence-electron chi connectivity index (χ3n) is 4.55. The number of rotatable bonds is 1. The summed E-state index contributed by atoms with van der Waals surface area (Å²) in [5, 5.41) is 5.79. The molecule has 2 aliphatic heterocycles. The number of halogens is 1. The van der Waals surface area contributed by atoms with Crippen LogP contribution in [0.3, 0.4) is 0 Å². The van der Waals surface area contributed by atoms with Crippen molar-refractivity contribution in [1.29, 1.82) is 0 Å². The number of nitrogens with zero attached hydrogens (tertiary/aromatic N) is 2. The number of urea groups is 1. The van der Waals surface area contributed by atoms with E-state index in [4.69, 9.17) is 17.2 Å². The Labute approximate surface area is 165 Å². The van der Waals surface area contributed by atoms with Gasteiger partial charge in [0.15, 0.2) is 0 Å². The summed E-state index contributed by atoms with van der Waals surface area (Å²) >= 11 is 9.07. The van der Waals surface area contributed by atoms with Crippen LogP contribution in [0.25, 0.3) is 0 Å². The van der Waals surface area contributed by atoms with Crippen LogP contribution in [0.4, 0.5) is 16.2 Å². The molecular formula is C19H17BrN4OS. The quantitative estimate of drug-likeness (QED) is 0.659. The van der Waals surface area contributed by atoms with Crippen LogP contribution in [-0.2, 0) is 0 Å². The Balaban J connectivity index is 1.60. The first-order valence-corrected chi connectivity index (χ1v) is 9.64. The molecule has 1 atom stereocenters. The van der Waals surface area contributed by atoms with Gasteiger partial charge in [-0.1, -0.05) is 40.3 Å². The van der Waals surface area contributed by atoms with Crippen LogP contribution in [0.5, 0.6) is 0 Å². The van der Waals surface area contributed by atoms with Gasteiger partial charge in [0.25, 0.3) is 0 Å². The Kier molecular flexibility index (Phi) is 4.74. The van der Waals surface area contributed by atoms with Gasteiger partial charge < -0.3 is 10.2 Å². The Morgan fingerprint density at radius 1 is 1.15 bits per heavy atom. The Bertz CT molecular complexity index is 897. The second-order valence-electron chi connectivity index (χ2n) is 6.26. The van der Waals surface area contributed by atoms with E-state index in [1.165, 1.54) is 0 Å². The third-order valence-corrected chi connectivity index (χ3v) is 5.53. The summed E-state index contributed by atoms with van der Waals surface area (Å²) in [6, 6.07) is 15.0. The molecule has 5 nitrogen and oxygen atoms in total. The molecule has 0 spiro atoms. The topological polar surface area (TPSA) is 56.7 Å². The van der Waals surface area contributed by atoms with E-state index in [-0.39, 0.29) is 12.1 Å². The Morgan fingerprint density at radius 3 is 2.73 bits per heavy atom. The predicted molar refractivity (Wildman–Crippen MR) is 111 cm³/mol. The van der Waals surface area contributed by atoms with Gasteiger partial charge >= 0.3 is 6.03 Å². The van der Waals surface area contributed by atoms with Gasteiger partial charge in [-0.3, -0.25) is 5.32 Å². The maximum atomic E-state index is 12.5. The number of benzene rings is 2. The van der Waals surface area contributed by atoms with Crippen molar-refractivity contribution in [3.63, 3.8) is 0 Å². The van der Waals surface area contributed by atoms with Crippen LogP contribution >= 0.6 is 28.1 Å². The summed E-state index contributed by atoms with van der Waals surface area (Å²) in [7, 11) is 0. The van der Waals surface area contributed by atoms with Crippen LogP contribution in [0.1, 0.15) is 18.4 Å². The lowest BCUT2D eigenvalue weighted by Gasteiger charge is -2.26. The van der Waals surface area contributed by atoms with E-state index >= 15 is 0 Å². The lowest BCUT2D eigenvalue weighted by atomic mass is 10.1. The monoisotopic (exact) mass is 428 g/mol. The van der Waals surface area contributed by atoms with Crippen LogP contribution in [-0.4, -0.2) is 34.3 Å². The van der Waals surface area contributed by atoms with Gasteiger partial charge in [0.2, 0.25) is 0 Å². The lowest BCUT2D eigenvalue weighted by Crippen LogP contribution is -2.47. The van der Waals surface area contributed by atoms with Crippen molar-refractivity contribution in [2.75, 3.05) is 11.9 Å². The maximum Gasteiger partial charge on any atom is 0.324 e. The fourth-order valence-corrected chi connectivity index (χ4v) is 3.98. The van der Waals surface area contributed by atoms with E-state index in [1.807, 2.05) is 48.5 Å². The molecule has 1 fully saturated rings. The smallest absolute Gasteiger partial charge is 0.324 e. The van der Waals surface area contributed by atoms with Crippen molar-refractivity contribution in [2.45, 2.75) is 18.9 Å². The third kappa shape index (κ3) is 3.37. The van der Waals surface area contributed by atoms with Gasteiger partial charge in [0.1, 0.15) is 10.8 Å². The minimum Gasteiger partial charge on any atom is -0.352 e. The molecular weight excluding hydrogens is 412 g/mol. The largest absolute Gasteiger partial charge is 0.352 e. The van der Waals surface area contributed by atoms with Gasteiger partial charge in [-0.05, 0) is 49.2 Å². The molecule has 132 valence electrons. The normalized spacial score (nSPS) is 18.5. The molecule has 2 aromatic rings. The molecule has 0 aromatic heterocycles. The molecule has 2 aromatic carbocycles. The van der Waals surface area contributed by atoms with E-state index in [2.05, 4.69) is 31.5 Å². The number of nitrogens with one attached hydrogen (secondary N) is 2. The lowest BCUT2D eigenvalue weighted by molar-refractivity contribution is 0.255. The van der Waals surface area contributed by atoms with Crippen molar-refractivity contribution in [2.24, 2.45) is 4.99 Å². The van der Waals surface area contributed by atoms with E-state index < -0.39 is 0 Å². The van der Waals surface area contributed by atoms with E-state index in [1.54, 1.807) is 0 Å². The SMILES string of the molecule is O=C(NC1=Nc2ccccc2C(=S)N2CCC[C@@H]12)Nc1ccc(Br)cc1. The van der Waals surface area contributed by atoms with Gasteiger partial charge in [-0.25, -0.2) is 9.79 Å². The highest BCUT2D eigenvalue weighted by Crippen LogP contribution is 2.30. The zero-order valence-corrected chi connectivity index (χ0v) is 16.3. The number of thiocarbonyl (C=S) groups is 1. The fraction of sp³-hybridized carbons (Fsp3) is 0.211. The molecule has 2 N–H and O–H groups in total. The number of carbonyl (C=O) groups is 1. The summed E-state index contributed by atoms with van der Waals surface area (Å²) in [5.41, 5.74) is 2.46. The molecule has 2 amide bonds. The highest BCUT2D eigenvalue weighted by atomic mass is 79.9. The molecule has 0 unspecified atom stereocenters. The number of anilines is 1. The zero-order valence-electron chi connectivity index (χ0n) is 13.9. The van der Waals surface area contributed by atoms with Crippen LogP contribution < -0.4 is 10.6 Å². The number of para-hydroxylation sites is 1. The molecule has 2 aliphatic rings. The van der Waals surface area contributed by atoms with Crippen LogP contribution in [0.15, 0.2) is 58.0 Å². The van der Waals surface area contributed by atoms with E-state index in [0.29, 0.717) is 5.84 Å². The van der Waals surface area contributed by atoms with E-state index in [9.17, 15) is 4.79 Å². The van der Waals surface area contributed by atoms with E-state index in [0.717, 1.165) is 45.8 Å². The van der Waals surface area contributed by atoms with Crippen LogP contribution in [0.2, 0.25) is 0 Å². The molecule has 4 rings (SSSR count). The van der Waals surface area contributed by atoms with Crippen molar-refractivity contribution in [3.8, 4) is 0 Å². The summed E-state index contributed by atoms with van der Waals surface area (Å²) < 4.78 is 0.961. The fourth-order valence-electron chi connectivity index (χ4n) is 3.33. The first kappa shape index (κ1) is 17.2. The number of amidine groups is 1. The molecule has 0 aliphatic carbocycles. The summed E-state index contributed by atoms with van der Waals surface area (Å²) in [4.78, 5) is 20.2. The maximum absolute atomic E-state index is 12.5. The summed E-state index contributed by atoms with van der Waals surface area (Å²) in [6.07, 6.45) is 1.95. The average molecular weight is 429 g/mol. The van der Waals surface area contributed by atoms with Crippen molar-refractivity contribution in [3.05, 3.63) is 58.6 Å². The average Bonchev–Trinajstić information content (AvgIpc) is 3.09. The summed E-state index contributed by atoms with van der Waals surface area (Å²) in [5.74, 6) is 0.643. The minimum absolute atomic E-state index is 0.00516. The minimum atomic E-state index is -0.303. The van der Waals surface area contributed by atoms with Gasteiger partial charge in [0.05, 0.1) is 11.7 Å². The highest BCUT2D eigenvalue weighted by molar-refractivity contribution is 9.10. The molecule has 1 saturated heterocycles. The number of aliphatic imine (C=N–C) groups is 1. The number of hydrogen-bond acceptors (Lipinski definition) is 3.